The molecule has 2 amide bonds. The summed E-state index contributed by atoms with van der Waals surface area (Å²) in [5.74, 6) is -2.86. The number of halogens is 3. The van der Waals surface area contributed by atoms with E-state index in [4.69, 9.17) is 5.11 Å². The average Bonchev–Trinajstić information content (AvgIpc) is 2.19. The van der Waals surface area contributed by atoms with Crippen LogP contribution in [0.25, 0.3) is 0 Å². The summed E-state index contributed by atoms with van der Waals surface area (Å²) in [5, 5.41) is 10.1. The maximum atomic E-state index is 11.9. The van der Waals surface area contributed by atoms with Crippen LogP contribution in [0.1, 0.15) is 6.42 Å². The number of ketones is 1. The van der Waals surface area contributed by atoms with Gasteiger partial charge < -0.3 is 15.3 Å². The lowest BCUT2D eigenvalue weighted by molar-refractivity contribution is -0.175. The summed E-state index contributed by atoms with van der Waals surface area (Å²) in [4.78, 5) is 33.2. The molecule has 17 heavy (non-hydrogen) atoms. The predicted molar refractivity (Wildman–Crippen MR) is 47.2 cm³/mol. The highest BCUT2D eigenvalue weighted by Crippen LogP contribution is 2.16. The van der Waals surface area contributed by atoms with Crippen molar-refractivity contribution in [3.05, 3.63) is 0 Å². The molecule has 1 aliphatic rings. The number of amides is 2. The molecule has 1 aliphatic heterocycles. The van der Waals surface area contributed by atoms with Crippen LogP contribution in [-0.2, 0) is 9.59 Å². The SMILES string of the molecule is O=C1CCN(C(=O)O)CC1NC(=O)C(F)(F)F. The number of carbonyl (C=O) groups excluding carboxylic acids is 2. The summed E-state index contributed by atoms with van der Waals surface area (Å²) in [7, 11) is 0. The topological polar surface area (TPSA) is 86.7 Å². The van der Waals surface area contributed by atoms with Crippen molar-refractivity contribution in [3.8, 4) is 0 Å². The van der Waals surface area contributed by atoms with Gasteiger partial charge in [-0.1, -0.05) is 0 Å². The molecule has 0 bridgehead atoms. The minimum atomic E-state index is -5.09. The van der Waals surface area contributed by atoms with Crippen LogP contribution in [-0.4, -0.2) is 53.1 Å². The van der Waals surface area contributed by atoms with E-state index in [0.717, 1.165) is 4.90 Å². The van der Waals surface area contributed by atoms with Crippen molar-refractivity contribution in [2.24, 2.45) is 0 Å². The lowest BCUT2D eigenvalue weighted by atomic mass is 10.0. The largest absolute Gasteiger partial charge is 0.471 e. The number of piperidine rings is 1. The monoisotopic (exact) mass is 254 g/mol. The summed E-state index contributed by atoms with van der Waals surface area (Å²) < 4.78 is 35.8. The molecule has 1 unspecified atom stereocenters. The van der Waals surface area contributed by atoms with Crippen molar-refractivity contribution < 1.29 is 32.7 Å². The molecule has 6 nitrogen and oxygen atoms in total. The Morgan fingerprint density at radius 2 is 2.00 bits per heavy atom. The van der Waals surface area contributed by atoms with Crippen LogP contribution >= 0.6 is 0 Å². The highest BCUT2D eigenvalue weighted by atomic mass is 19.4. The van der Waals surface area contributed by atoms with Gasteiger partial charge in [-0.2, -0.15) is 13.2 Å². The summed E-state index contributed by atoms with van der Waals surface area (Å²) in [6, 6.07) is -1.44. The number of nitrogens with zero attached hydrogens (tertiary/aromatic N) is 1. The number of nitrogens with one attached hydrogen (secondary N) is 1. The van der Waals surface area contributed by atoms with Crippen LogP contribution < -0.4 is 5.32 Å². The van der Waals surface area contributed by atoms with Gasteiger partial charge in [0.1, 0.15) is 6.04 Å². The summed E-state index contributed by atoms with van der Waals surface area (Å²) in [6.45, 7) is -0.539. The highest BCUT2D eigenvalue weighted by molar-refractivity contribution is 5.92. The van der Waals surface area contributed by atoms with E-state index in [1.54, 1.807) is 0 Å². The fourth-order valence-electron chi connectivity index (χ4n) is 1.37. The first-order valence-corrected chi connectivity index (χ1v) is 4.60. The van der Waals surface area contributed by atoms with Gasteiger partial charge in [0.25, 0.3) is 0 Å². The standard InChI is InChI=1S/C8H9F3N2O4/c9-8(10,11)6(15)12-4-3-13(7(16)17)2-1-5(4)14/h4H,1-3H2,(H,12,15)(H,16,17). The third kappa shape index (κ3) is 3.33. The van der Waals surface area contributed by atoms with Gasteiger partial charge in [-0.05, 0) is 0 Å². The van der Waals surface area contributed by atoms with E-state index < -0.39 is 36.5 Å². The summed E-state index contributed by atoms with van der Waals surface area (Å²) in [5.41, 5.74) is 0. The number of likely N-dealkylation sites (tertiary alicyclic amines) is 1. The Bertz CT molecular complexity index is 355. The van der Waals surface area contributed by atoms with Crippen LogP contribution in [0.15, 0.2) is 0 Å². The Balaban J connectivity index is 2.66. The maximum Gasteiger partial charge on any atom is 0.471 e. The van der Waals surface area contributed by atoms with Gasteiger partial charge in [-0.3, -0.25) is 9.59 Å². The Morgan fingerprint density at radius 1 is 1.41 bits per heavy atom. The Labute approximate surface area is 93.4 Å². The fourth-order valence-corrected chi connectivity index (χ4v) is 1.37. The number of carbonyl (C=O) groups is 3. The first-order valence-electron chi connectivity index (χ1n) is 4.60. The molecule has 0 radical (unpaired) electrons. The van der Waals surface area contributed by atoms with Crippen LogP contribution in [0.3, 0.4) is 0 Å². The van der Waals surface area contributed by atoms with Crippen molar-refractivity contribution in [2.75, 3.05) is 13.1 Å². The third-order valence-corrected chi connectivity index (χ3v) is 2.25. The molecule has 0 aromatic rings. The normalized spacial score (nSPS) is 21.2. The van der Waals surface area contributed by atoms with Gasteiger partial charge in [0.15, 0.2) is 5.78 Å². The van der Waals surface area contributed by atoms with E-state index in [-0.39, 0.29) is 13.0 Å². The lowest BCUT2D eigenvalue weighted by Gasteiger charge is -2.30. The number of alkyl halides is 3. The zero-order valence-electron chi connectivity index (χ0n) is 8.45. The number of hydrogen-bond donors (Lipinski definition) is 2. The molecular formula is C8H9F3N2O4. The second kappa shape index (κ2) is 4.60. The fraction of sp³-hybridized carbons (Fsp3) is 0.625. The van der Waals surface area contributed by atoms with Gasteiger partial charge in [0, 0.05) is 13.0 Å². The van der Waals surface area contributed by atoms with Crippen LogP contribution in [0.2, 0.25) is 0 Å². The molecule has 1 saturated heterocycles. The first kappa shape index (κ1) is 13.3. The van der Waals surface area contributed by atoms with Crippen LogP contribution in [0.4, 0.5) is 18.0 Å². The van der Waals surface area contributed by atoms with E-state index >= 15 is 0 Å². The number of carboxylic acid groups (broad SMARTS) is 1. The maximum absolute atomic E-state index is 11.9. The molecule has 0 aromatic heterocycles. The first-order chi connectivity index (χ1) is 7.71. The summed E-state index contributed by atoms with van der Waals surface area (Å²) >= 11 is 0. The van der Waals surface area contributed by atoms with E-state index in [9.17, 15) is 27.6 Å². The highest BCUT2D eigenvalue weighted by Gasteiger charge is 2.42. The third-order valence-electron chi connectivity index (χ3n) is 2.25. The molecule has 96 valence electrons. The second-order valence-corrected chi connectivity index (χ2v) is 3.47. The zero-order chi connectivity index (χ0) is 13.2. The molecule has 2 N–H and O–H groups in total. The molecule has 1 rings (SSSR count). The molecule has 0 saturated carbocycles. The average molecular weight is 254 g/mol. The van der Waals surface area contributed by atoms with Gasteiger partial charge in [0.05, 0.1) is 6.54 Å². The predicted octanol–water partition coefficient (Wildman–Crippen LogP) is -0.0137. The molecule has 0 aromatic carbocycles. The van der Waals surface area contributed by atoms with Gasteiger partial charge in [-0.15, -0.1) is 0 Å². The van der Waals surface area contributed by atoms with Gasteiger partial charge in [0.2, 0.25) is 0 Å². The Hall–Kier alpha value is -1.80. The smallest absolute Gasteiger partial charge is 0.465 e. The van der Waals surface area contributed by atoms with Gasteiger partial charge >= 0.3 is 18.2 Å². The van der Waals surface area contributed by atoms with Crippen molar-refractivity contribution >= 4 is 17.8 Å². The number of rotatable bonds is 1. The Morgan fingerprint density at radius 3 is 2.47 bits per heavy atom. The van der Waals surface area contributed by atoms with Gasteiger partial charge in [-0.25, -0.2) is 4.79 Å². The quantitative estimate of drug-likeness (QED) is 0.688. The van der Waals surface area contributed by atoms with Crippen LogP contribution in [0.5, 0.6) is 0 Å². The second-order valence-electron chi connectivity index (χ2n) is 3.47. The van der Waals surface area contributed by atoms with Crippen molar-refractivity contribution in [3.63, 3.8) is 0 Å². The lowest BCUT2D eigenvalue weighted by Crippen LogP contribution is -2.56. The van der Waals surface area contributed by atoms with Crippen molar-refractivity contribution in [2.45, 2.75) is 18.6 Å². The van der Waals surface area contributed by atoms with E-state index in [1.807, 2.05) is 0 Å². The minimum Gasteiger partial charge on any atom is -0.465 e. The summed E-state index contributed by atoms with van der Waals surface area (Å²) in [6.07, 6.45) is -6.65. The van der Waals surface area contributed by atoms with E-state index in [1.165, 1.54) is 5.32 Å². The van der Waals surface area contributed by atoms with Crippen LogP contribution in [0, 0.1) is 0 Å². The number of hydrogen-bond acceptors (Lipinski definition) is 3. The molecule has 0 spiro atoms. The van der Waals surface area contributed by atoms with Crippen molar-refractivity contribution in [1.29, 1.82) is 0 Å². The molecular weight excluding hydrogens is 245 g/mol. The zero-order valence-corrected chi connectivity index (χ0v) is 8.45. The molecule has 1 heterocycles. The van der Waals surface area contributed by atoms with E-state index in [0.29, 0.717) is 0 Å². The minimum absolute atomic E-state index is 0.0768. The molecule has 1 fully saturated rings. The van der Waals surface area contributed by atoms with Crippen molar-refractivity contribution in [1.82, 2.24) is 10.2 Å². The molecule has 0 aliphatic carbocycles. The van der Waals surface area contributed by atoms with E-state index in [2.05, 4.69) is 0 Å². The molecule has 1 atom stereocenters. The number of Topliss-reactive ketones (excluding diaryl/α,β-unsaturated/α-hetero) is 1. The Kier molecular flexibility index (Phi) is 3.59. The molecule has 9 heteroatoms.